The first-order chi connectivity index (χ1) is 8.62. The Kier molecular flexibility index (Phi) is 5.75. The molecule has 0 fully saturated rings. The third kappa shape index (κ3) is 5.74. The molecule has 0 amide bonds. The summed E-state index contributed by atoms with van der Waals surface area (Å²) in [5.41, 5.74) is 0. The molecule has 1 aromatic rings. The first-order valence-electron chi connectivity index (χ1n) is 5.10. The molecule has 0 aliphatic carbocycles. The van der Waals surface area contributed by atoms with Crippen molar-refractivity contribution in [2.75, 3.05) is 18.6 Å². The number of hydrogen-bond donors (Lipinski definition) is 1. The summed E-state index contributed by atoms with van der Waals surface area (Å²) < 4.78 is 48.4. The van der Waals surface area contributed by atoms with Gasteiger partial charge < -0.3 is 0 Å². The van der Waals surface area contributed by atoms with Crippen LogP contribution in [0.25, 0.3) is 0 Å². The molecule has 0 saturated carbocycles. The zero-order chi connectivity index (χ0) is 14.7. The largest absolute Gasteiger partial charge is 0.243 e. The lowest BCUT2D eigenvalue weighted by molar-refractivity contribution is 0.577. The van der Waals surface area contributed by atoms with Gasteiger partial charge in [0.1, 0.15) is 19.9 Å². The van der Waals surface area contributed by atoms with Crippen LogP contribution in [0.2, 0.25) is 5.15 Å². The second-order valence-corrected chi connectivity index (χ2v) is 9.09. The highest BCUT2D eigenvalue weighted by Gasteiger charge is 2.19. The number of pyridine rings is 1. The summed E-state index contributed by atoms with van der Waals surface area (Å²) in [4.78, 5) is 3.57. The van der Waals surface area contributed by atoms with E-state index in [2.05, 4.69) is 25.6 Å². The van der Waals surface area contributed by atoms with Crippen molar-refractivity contribution in [3.63, 3.8) is 0 Å². The average Bonchev–Trinajstić information content (AvgIpc) is 2.26. The first-order valence-corrected chi connectivity index (χ1v) is 9.82. The van der Waals surface area contributed by atoms with Crippen LogP contribution in [0.1, 0.15) is 6.42 Å². The molecule has 0 atom stereocenters. The Bertz CT molecular complexity index is 661. The van der Waals surface area contributed by atoms with Gasteiger partial charge in [-0.05, 0) is 28.4 Å². The van der Waals surface area contributed by atoms with Crippen molar-refractivity contribution in [2.24, 2.45) is 0 Å². The van der Waals surface area contributed by atoms with Crippen LogP contribution in [-0.2, 0) is 19.9 Å². The summed E-state index contributed by atoms with van der Waals surface area (Å²) in [6.45, 7) is 0.0121. The van der Waals surface area contributed by atoms with Gasteiger partial charge in [0.2, 0.25) is 10.0 Å². The van der Waals surface area contributed by atoms with Gasteiger partial charge in [-0.15, -0.1) is 0 Å². The molecule has 0 radical (unpaired) electrons. The van der Waals surface area contributed by atoms with E-state index < -0.39 is 19.9 Å². The lowest BCUT2D eigenvalue weighted by atomic mass is 10.5. The normalized spacial score (nSPS) is 12.6. The molecule has 0 spiro atoms. The Morgan fingerprint density at radius 1 is 1.37 bits per heavy atom. The summed E-state index contributed by atoms with van der Waals surface area (Å²) in [6, 6.07) is 1.33. The quantitative estimate of drug-likeness (QED) is 0.581. The minimum atomic E-state index is -3.80. The maximum Gasteiger partial charge on any atom is 0.243 e. The van der Waals surface area contributed by atoms with E-state index >= 15 is 0 Å². The molecule has 0 aliphatic rings. The van der Waals surface area contributed by atoms with Crippen molar-refractivity contribution < 1.29 is 16.8 Å². The Morgan fingerprint density at radius 2 is 2.00 bits per heavy atom. The third-order valence-electron chi connectivity index (χ3n) is 2.05. The van der Waals surface area contributed by atoms with Gasteiger partial charge in [0, 0.05) is 23.5 Å². The van der Waals surface area contributed by atoms with Crippen LogP contribution in [0, 0.1) is 0 Å². The fourth-order valence-corrected chi connectivity index (χ4v) is 3.90. The van der Waals surface area contributed by atoms with Crippen LogP contribution >= 0.6 is 27.5 Å². The number of rotatable bonds is 6. The fraction of sp³-hybridized carbons (Fsp3) is 0.444. The van der Waals surface area contributed by atoms with Gasteiger partial charge in [-0.3, -0.25) is 0 Å². The Balaban J connectivity index is 2.74. The van der Waals surface area contributed by atoms with Crippen molar-refractivity contribution >= 4 is 47.4 Å². The molecule has 1 N–H and O–H groups in total. The molecular formula is C9H12BrClN2O4S2. The van der Waals surface area contributed by atoms with Crippen molar-refractivity contribution in [3.8, 4) is 0 Å². The SMILES string of the molecule is CS(=O)(=O)CCCNS(=O)(=O)c1cc(Br)cnc1Cl. The van der Waals surface area contributed by atoms with Crippen molar-refractivity contribution in [3.05, 3.63) is 21.9 Å². The molecule has 0 saturated heterocycles. The highest BCUT2D eigenvalue weighted by molar-refractivity contribution is 9.10. The maximum atomic E-state index is 11.9. The molecule has 1 rings (SSSR count). The zero-order valence-electron chi connectivity index (χ0n) is 9.93. The van der Waals surface area contributed by atoms with Crippen LogP contribution < -0.4 is 4.72 Å². The maximum absolute atomic E-state index is 11.9. The summed E-state index contributed by atoms with van der Waals surface area (Å²) in [7, 11) is -6.90. The molecule has 10 heteroatoms. The molecule has 6 nitrogen and oxygen atoms in total. The van der Waals surface area contributed by atoms with E-state index in [1.807, 2.05) is 0 Å². The van der Waals surface area contributed by atoms with Gasteiger partial charge in [-0.25, -0.2) is 26.5 Å². The van der Waals surface area contributed by atoms with Crippen LogP contribution in [0.15, 0.2) is 21.6 Å². The Labute approximate surface area is 125 Å². The number of nitrogens with one attached hydrogen (secondary N) is 1. The van der Waals surface area contributed by atoms with Gasteiger partial charge in [0.25, 0.3) is 0 Å². The predicted octanol–water partition coefficient (Wildman–Crippen LogP) is 1.21. The van der Waals surface area contributed by atoms with Gasteiger partial charge >= 0.3 is 0 Å². The first kappa shape index (κ1) is 16.8. The molecule has 0 unspecified atom stereocenters. The third-order valence-corrected chi connectivity index (χ3v) is 5.40. The van der Waals surface area contributed by atoms with Crippen molar-refractivity contribution in [2.45, 2.75) is 11.3 Å². The predicted molar refractivity (Wildman–Crippen MR) is 76.5 cm³/mol. The molecule has 19 heavy (non-hydrogen) atoms. The van der Waals surface area contributed by atoms with Gasteiger partial charge in [0.15, 0.2) is 0 Å². The highest BCUT2D eigenvalue weighted by Crippen LogP contribution is 2.22. The topological polar surface area (TPSA) is 93.2 Å². The minimum absolute atomic E-state index is 0.0121. The molecule has 0 aromatic carbocycles. The number of sulfone groups is 1. The second kappa shape index (κ2) is 6.49. The Morgan fingerprint density at radius 3 is 2.58 bits per heavy atom. The van der Waals surface area contributed by atoms with E-state index in [1.54, 1.807) is 0 Å². The lowest BCUT2D eigenvalue weighted by Crippen LogP contribution is -2.26. The van der Waals surface area contributed by atoms with Crippen molar-refractivity contribution in [1.82, 2.24) is 9.71 Å². The van der Waals surface area contributed by atoms with Crippen LogP contribution in [-0.4, -0.2) is 40.4 Å². The summed E-state index contributed by atoms with van der Waals surface area (Å²) in [5.74, 6) is -0.0833. The van der Waals surface area contributed by atoms with Gasteiger partial charge in [-0.1, -0.05) is 11.6 Å². The van der Waals surface area contributed by atoms with Crippen molar-refractivity contribution in [1.29, 1.82) is 0 Å². The standard InChI is InChI=1S/C9H12BrClN2O4S2/c1-18(14,15)4-2-3-13-19(16,17)8-5-7(10)6-12-9(8)11/h5-6,13H,2-4H2,1H3. The Hall–Kier alpha value is -0.220. The van der Waals surface area contributed by atoms with E-state index in [1.165, 1.54) is 12.3 Å². The van der Waals surface area contributed by atoms with Crippen LogP contribution in [0.3, 0.4) is 0 Å². The number of aromatic nitrogens is 1. The summed E-state index contributed by atoms with van der Waals surface area (Å²) >= 11 is 8.82. The highest BCUT2D eigenvalue weighted by atomic mass is 79.9. The fourth-order valence-electron chi connectivity index (χ4n) is 1.21. The summed E-state index contributed by atoms with van der Waals surface area (Å²) in [6.07, 6.45) is 2.67. The van der Waals surface area contributed by atoms with E-state index in [0.717, 1.165) is 6.26 Å². The number of sulfonamides is 1. The van der Waals surface area contributed by atoms with E-state index in [9.17, 15) is 16.8 Å². The average molecular weight is 392 g/mol. The van der Waals surface area contributed by atoms with Gasteiger partial charge in [0.05, 0.1) is 5.75 Å². The number of halogens is 2. The van der Waals surface area contributed by atoms with Crippen LogP contribution in [0.4, 0.5) is 0 Å². The zero-order valence-corrected chi connectivity index (χ0v) is 13.9. The molecule has 1 heterocycles. The van der Waals surface area contributed by atoms with E-state index in [-0.39, 0.29) is 28.8 Å². The number of nitrogens with zero attached hydrogens (tertiary/aromatic N) is 1. The second-order valence-electron chi connectivity index (χ2n) is 3.82. The lowest BCUT2D eigenvalue weighted by Gasteiger charge is -2.07. The smallest absolute Gasteiger partial charge is 0.242 e. The molecule has 108 valence electrons. The molecule has 0 bridgehead atoms. The molecule has 1 aromatic heterocycles. The molecule has 0 aliphatic heterocycles. The van der Waals surface area contributed by atoms with Gasteiger partial charge in [-0.2, -0.15) is 0 Å². The van der Waals surface area contributed by atoms with E-state index in [4.69, 9.17) is 11.6 Å². The summed E-state index contributed by atoms with van der Waals surface area (Å²) in [5, 5.41) is -0.140. The minimum Gasteiger partial charge on any atom is -0.242 e. The number of hydrogen-bond acceptors (Lipinski definition) is 5. The van der Waals surface area contributed by atoms with E-state index in [0.29, 0.717) is 4.47 Å². The van der Waals surface area contributed by atoms with Crippen LogP contribution in [0.5, 0.6) is 0 Å². The molecular weight excluding hydrogens is 380 g/mol. The monoisotopic (exact) mass is 390 g/mol.